The molecule has 0 aliphatic heterocycles. The lowest BCUT2D eigenvalue weighted by Gasteiger charge is -2.09. The van der Waals surface area contributed by atoms with Gasteiger partial charge in [0, 0.05) is 32.4 Å². The van der Waals surface area contributed by atoms with Gasteiger partial charge in [-0.3, -0.25) is 0 Å². The summed E-state index contributed by atoms with van der Waals surface area (Å²) in [6.45, 7) is 0.238. The molecule has 1 heterocycles. The number of nitrogens with zero attached hydrogens (tertiary/aromatic N) is 2. The predicted molar refractivity (Wildman–Crippen MR) is 66.7 cm³/mol. The molecule has 0 fully saturated rings. The maximum Gasteiger partial charge on any atom is 0.190 e. The van der Waals surface area contributed by atoms with E-state index in [-0.39, 0.29) is 18.9 Å². The molecule has 0 aliphatic carbocycles. The van der Waals surface area contributed by atoms with E-state index in [0.717, 1.165) is 5.82 Å². The molecule has 0 spiro atoms. The molecule has 0 saturated carbocycles. The Morgan fingerprint density at radius 2 is 2.00 bits per heavy atom. The molecule has 2 rings (SSSR count). The van der Waals surface area contributed by atoms with Crippen molar-refractivity contribution in [2.75, 3.05) is 6.61 Å². The monoisotopic (exact) mass is 267 g/mol. The Labute approximate surface area is 109 Å². The van der Waals surface area contributed by atoms with Crippen LogP contribution in [0.3, 0.4) is 0 Å². The summed E-state index contributed by atoms with van der Waals surface area (Å²) >= 11 is 0. The minimum Gasteiger partial charge on any atom is -0.487 e. The van der Waals surface area contributed by atoms with Crippen LogP contribution in [0.15, 0.2) is 24.5 Å². The number of imidazole rings is 1. The minimum absolute atomic E-state index is 0.0847. The van der Waals surface area contributed by atoms with Crippen LogP contribution >= 0.6 is 0 Å². The highest BCUT2D eigenvalue weighted by atomic mass is 19.1. The molecule has 1 aromatic heterocycles. The van der Waals surface area contributed by atoms with E-state index < -0.39 is 11.6 Å². The highest BCUT2D eigenvalue weighted by Gasteiger charge is 2.12. The van der Waals surface area contributed by atoms with Gasteiger partial charge < -0.3 is 15.0 Å². The van der Waals surface area contributed by atoms with Crippen molar-refractivity contribution >= 4 is 0 Å². The van der Waals surface area contributed by atoms with E-state index in [4.69, 9.17) is 10.5 Å². The SMILES string of the molecule is Cn1ccnc1CCOc1c(F)cc(CN)cc1F. The van der Waals surface area contributed by atoms with Crippen molar-refractivity contribution in [3.05, 3.63) is 47.5 Å². The quantitative estimate of drug-likeness (QED) is 0.898. The lowest BCUT2D eigenvalue weighted by atomic mass is 10.2. The van der Waals surface area contributed by atoms with E-state index in [1.54, 1.807) is 12.4 Å². The zero-order chi connectivity index (χ0) is 13.8. The van der Waals surface area contributed by atoms with E-state index in [1.165, 1.54) is 12.1 Å². The number of aromatic nitrogens is 2. The zero-order valence-electron chi connectivity index (χ0n) is 10.6. The van der Waals surface area contributed by atoms with Crippen LogP contribution in [-0.2, 0) is 20.0 Å². The normalized spacial score (nSPS) is 10.7. The molecular formula is C13H15F2N3O. The van der Waals surface area contributed by atoms with E-state index in [1.807, 2.05) is 11.6 Å². The third-order valence-electron chi connectivity index (χ3n) is 2.79. The Morgan fingerprint density at radius 3 is 2.53 bits per heavy atom. The number of benzene rings is 1. The van der Waals surface area contributed by atoms with E-state index in [0.29, 0.717) is 12.0 Å². The predicted octanol–water partition coefficient (Wildman–Crippen LogP) is 1.78. The molecule has 0 aliphatic rings. The van der Waals surface area contributed by atoms with Crippen molar-refractivity contribution in [2.24, 2.45) is 12.8 Å². The molecule has 0 atom stereocenters. The number of halogens is 2. The number of hydrogen-bond donors (Lipinski definition) is 1. The van der Waals surface area contributed by atoms with Gasteiger partial charge >= 0.3 is 0 Å². The van der Waals surface area contributed by atoms with Crippen LogP contribution in [0.5, 0.6) is 5.75 Å². The minimum atomic E-state index is -0.736. The maximum absolute atomic E-state index is 13.6. The number of ether oxygens (including phenoxy) is 1. The first-order valence-electron chi connectivity index (χ1n) is 5.88. The maximum atomic E-state index is 13.6. The average Bonchev–Trinajstić information content (AvgIpc) is 2.78. The van der Waals surface area contributed by atoms with Gasteiger partial charge in [-0.1, -0.05) is 0 Å². The highest BCUT2D eigenvalue weighted by molar-refractivity contribution is 5.31. The van der Waals surface area contributed by atoms with Gasteiger partial charge in [-0.25, -0.2) is 13.8 Å². The number of rotatable bonds is 5. The molecule has 19 heavy (non-hydrogen) atoms. The van der Waals surface area contributed by atoms with Crippen molar-refractivity contribution < 1.29 is 13.5 Å². The molecule has 2 aromatic rings. The molecule has 102 valence electrons. The zero-order valence-corrected chi connectivity index (χ0v) is 10.6. The molecule has 0 saturated heterocycles. The molecule has 4 nitrogen and oxygen atoms in total. The van der Waals surface area contributed by atoms with Gasteiger partial charge in [-0.05, 0) is 17.7 Å². The number of aryl methyl sites for hydroxylation is 1. The van der Waals surface area contributed by atoms with E-state index >= 15 is 0 Å². The second-order valence-corrected chi connectivity index (χ2v) is 4.15. The van der Waals surface area contributed by atoms with Crippen LogP contribution in [0.4, 0.5) is 8.78 Å². The Hall–Kier alpha value is -1.95. The molecule has 0 radical (unpaired) electrons. The summed E-state index contributed by atoms with van der Waals surface area (Å²) in [7, 11) is 1.85. The van der Waals surface area contributed by atoms with Gasteiger partial charge in [-0.15, -0.1) is 0 Å². The van der Waals surface area contributed by atoms with Crippen LogP contribution in [0, 0.1) is 11.6 Å². The largest absolute Gasteiger partial charge is 0.487 e. The van der Waals surface area contributed by atoms with E-state index in [9.17, 15) is 8.78 Å². The van der Waals surface area contributed by atoms with Gasteiger partial charge in [0.2, 0.25) is 0 Å². The second kappa shape index (κ2) is 5.79. The molecular weight excluding hydrogens is 252 g/mol. The van der Waals surface area contributed by atoms with Crippen molar-refractivity contribution in [1.29, 1.82) is 0 Å². The smallest absolute Gasteiger partial charge is 0.190 e. The fraction of sp³-hybridized carbons (Fsp3) is 0.308. The molecule has 0 bridgehead atoms. The van der Waals surface area contributed by atoms with Gasteiger partial charge in [0.25, 0.3) is 0 Å². The van der Waals surface area contributed by atoms with Crippen LogP contribution in [-0.4, -0.2) is 16.2 Å². The Kier molecular flexibility index (Phi) is 4.11. The van der Waals surface area contributed by atoms with Crippen molar-refractivity contribution in [3.8, 4) is 5.75 Å². The summed E-state index contributed by atoms with van der Waals surface area (Å²) in [6.07, 6.45) is 3.93. The Bertz CT molecular complexity index is 546. The summed E-state index contributed by atoms with van der Waals surface area (Å²) < 4.78 is 34.2. The molecule has 0 amide bonds. The third-order valence-corrected chi connectivity index (χ3v) is 2.79. The topological polar surface area (TPSA) is 53.1 Å². The third kappa shape index (κ3) is 3.08. The fourth-order valence-corrected chi connectivity index (χ4v) is 1.75. The first-order chi connectivity index (χ1) is 9.11. The van der Waals surface area contributed by atoms with Gasteiger partial charge in [0.1, 0.15) is 5.82 Å². The standard InChI is InChI=1S/C13H15F2N3O/c1-18-4-3-17-12(18)2-5-19-13-10(14)6-9(8-16)7-11(13)15/h3-4,6-7H,2,5,8,16H2,1H3. The Morgan fingerprint density at radius 1 is 1.32 bits per heavy atom. The lowest BCUT2D eigenvalue weighted by molar-refractivity contribution is 0.285. The van der Waals surface area contributed by atoms with Crippen molar-refractivity contribution in [1.82, 2.24) is 9.55 Å². The second-order valence-electron chi connectivity index (χ2n) is 4.15. The molecule has 2 N–H and O–H groups in total. The fourth-order valence-electron chi connectivity index (χ4n) is 1.75. The summed E-state index contributed by atoms with van der Waals surface area (Å²) in [4.78, 5) is 4.10. The summed E-state index contributed by atoms with van der Waals surface area (Å²) in [5.74, 6) is -1.05. The first-order valence-corrected chi connectivity index (χ1v) is 5.88. The lowest BCUT2D eigenvalue weighted by Crippen LogP contribution is -2.09. The van der Waals surface area contributed by atoms with Crippen LogP contribution in [0.2, 0.25) is 0 Å². The highest BCUT2D eigenvalue weighted by Crippen LogP contribution is 2.23. The van der Waals surface area contributed by atoms with Gasteiger partial charge in [0.15, 0.2) is 17.4 Å². The van der Waals surface area contributed by atoms with Gasteiger partial charge in [0.05, 0.1) is 6.61 Å². The Balaban J connectivity index is 2.02. The first kappa shape index (κ1) is 13.5. The molecule has 1 aromatic carbocycles. The van der Waals surface area contributed by atoms with Crippen LogP contribution in [0.25, 0.3) is 0 Å². The van der Waals surface area contributed by atoms with Gasteiger partial charge in [-0.2, -0.15) is 0 Å². The summed E-state index contributed by atoms with van der Waals surface area (Å²) in [5.41, 5.74) is 5.73. The summed E-state index contributed by atoms with van der Waals surface area (Å²) in [6, 6.07) is 2.36. The molecule has 6 heteroatoms. The van der Waals surface area contributed by atoms with Crippen molar-refractivity contribution in [3.63, 3.8) is 0 Å². The van der Waals surface area contributed by atoms with Crippen LogP contribution in [0.1, 0.15) is 11.4 Å². The molecule has 0 unspecified atom stereocenters. The van der Waals surface area contributed by atoms with E-state index in [2.05, 4.69) is 4.98 Å². The summed E-state index contributed by atoms with van der Waals surface area (Å²) in [5, 5.41) is 0. The van der Waals surface area contributed by atoms with Crippen LogP contribution < -0.4 is 10.5 Å². The van der Waals surface area contributed by atoms with Crippen molar-refractivity contribution in [2.45, 2.75) is 13.0 Å². The number of nitrogens with two attached hydrogens (primary N) is 1. The number of hydrogen-bond acceptors (Lipinski definition) is 3. The average molecular weight is 267 g/mol.